The van der Waals surface area contributed by atoms with Gasteiger partial charge in [0.05, 0.1) is 16.7 Å². The van der Waals surface area contributed by atoms with Crippen molar-refractivity contribution in [3.05, 3.63) is 42.1 Å². The average Bonchev–Trinajstić information content (AvgIpc) is 2.83. The summed E-state index contributed by atoms with van der Waals surface area (Å²) in [6, 6.07) is 13.2. The molecule has 0 fully saturated rings. The molecule has 0 unspecified atom stereocenters. The molecule has 2 heterocycles. The lowest BCUT2D eigenvalue weighted by Gasteiger charge is -1.99. The van der Waals surface area contributed by atoms with E-state index in [1.165, 1.54) is 11.8 Å². The van der Waals surface area contributed by atoms with Gasteiger partial charge in [-0.15, -0.1) is 0 Å². The number of nitrogens with two attached hydrogens (primary N) is 1. The Morgan fingerprint density at radius 3 is 2.79 bits per heavy atom. The van der Waals surface area contributed by atoms with Crippen molar-refractivity contribution in [1.29, 1.82) is 5.26 Å². The summed E-state index contributed by atoms with van der Waals surface area (Å²) in [7, 11) is 0. The lowest BCUT2D eigenvalue weighted by atomic mass is 10.3. The summed E-state index contributed by atoms with van der Waals surface area (Å²) in [4.78, 5) is 11.8. The van der Waals surface area contributed by atoms with Crippen LogP contribution in [0.3, 0.4) is 0 Å². The van der Waals surface area contributed by atoms with E-state index in [9.17, 15) is 0 Å². The maximum absolute atomic E-state index is 8.90. The minimum atomic E-state index is 0.237. The first kappa shape index (κ1) is 11.6. The van der Waals surface area contributed by atoms with Gasteiger partial charge in [-0.1, -0.05) is 12.1 Å². The standard InChI is InChI=1S/C13H9N5S/c14-7-11-8(15)5-6-12(16-11)19-13-17-9-3-1-2-4-10(9)18-13/h1-6H,15H2,(H,17,18). The molecule has 3 rings (SSSR count). The fourth-order valence-electron chi connectivity index (χ4n) is 1.68. The summed E-state index contributed by atoms with van der Waals surface area (Å²) in [6.45, 7) is 0. The number of hydrogen-bond donors (Lipinski definition) is 2. The number of nitrogens with zero attached hydrogens (tertiary/aromatic N) is 3. The van der Waals surface area contributed by atoms with Crippen LogP contribution in [0, 0.1) is 11.3 Å². The monoisotopic (exact) mass is 267 g/mol. The second-order valence-electron chi connectivity index (χ2n) is 3.86. The molecule has 0 atom stereocenters. The van der Waals surface area contributed by atoms with Gasteiger partial charge in [0.1, 0.15) is 11.1 Å². The summed E-state index contributed by atoms with van der Waals surface area (Å²) < 4.78 is 0. The topological polar surface area (TPSA) is 91.4 Å². The van der Waals surface area contributed by atoms with Gasteiger partial charge in [0, 0.05) is 0 Å². The summed E-state index contributed by atoms with van der Waals surface area (Å²) in [5.41, 5.74) is 8.14. The highest BCUT2D eigenvalue weighted by molar-refractivity contribution is 7.99. The number of fused-ring (bicyclic) bond motifs is 1. The van der Waals surface area contributed by atoms with Gasteiger partial charge in [0.25, 0.3) is 0 Å². The SMILES string of the molecule is N#Cc1nc(Sc2nc3ccccc3[nH]2)ccc1N. The summed E-state index contributed by atoms with van der Waals surface area (Å²) in [5, 5.41) is 10.3. The summed E-state index contributed by atoms with van der Waals surface area (Å²) in [6.07, 6.45) is 0. The molecule has 2 aromatic heterocycles. The van der Waals surface area contributed by atoms with E-state index in [2.05, 4.69) is 15.0 Å². The van der Waals surface area contributed by atoms with Gasteiger partial charge >= 0.3 is 0 Å². The third-order valence-corrected chi connectivity index (χ3v) is 3.40. The van der Waals surface area contributed by atoms with Crippen LogP contribution in [0.2, 0.25) is 0 Å². The molecule has 3 N–H and O–H groups in total. The molecule has 0 radical (unpaired) electrons. The van der Waals surface area contributed by atoms with Crippen LogP contribution in [0.4, 0.5) is 5.69 Å². The number of anilines is 1. The van der Waals surface area contributed by atoms with E-state index in [-0.39, 0.29) is 5.69 Å². The van der Waals surface area contributed by atoms with Crippen molar-refractivity contribution in [3.63, 3.8) is 0 Å². The van der Waals surface area contributed by atoms with E-state index in [1.54, 1.807) is 12.1 Å². The number of imidazole rings is 1. The smallest absolute Gasteiger partial charge is 0.172 e. The molecule has 0 amide bonds. The van der Waals surface area contributed by atoms with Crippen molar-refractivity contribution in [1.82, 2.24) is 15.0 Å². The normalized spacial score (nSPS) is 10.5. The first-order valence-corrected chi connectivity index (χ1v) is 6.37. The Labute approximate surface area is 113 Å². The van der Waals surface area contributed by atoms with Crippen molar-refractivity contribution in [3.8, 4) is 6.07 Å². The molecule has 92 valence electrons. The lowest BCUT2D eigenvalue weighted by molar-refractivity contribution is 1.05. The number of H-pyrrole nitrogens is 1. The van der Waals surface area contributed by atoms with Crippen LogP contribution in [-0.4, -0.2) is 15.0 Å². The van der Waals surface area contributed by atoms with Crippen molar-refractivity contribution in [2.45, 2.75) is 10.2 Å². The molecule has 0 bridgehead atoms. The third kappa shape index (κ3) is 2.23. The summed E-state index contributed by atoms with van der Waals surface area (Å²) >= 11 is 1.37. The molecule has 0 spiro atoms. The fraction of sp³-hybridized carbons (Fsp3) is 0. The largest absolute Gasteiger partial charge is 0.396 e. The quantitative estimate of drug-likeness (QED) is 0.744. The fourth-order valence-corrected chi connectivity index (χ4v) is 2.45. The van der Waals surface area contributed by atoms with E-state index < -0.39 is 0 Å². The van der Waals surface area contributed by atoms with Crippen molar-refractivity contribution in [2.24, 2.45) is 0 Å². The Hall–Kier alpha value is -2.52. The van der Waals surface area contributed by atoms with E-state index in [4.69, 9.17) is 11.0 Å². The first-order valence-electron chi connectivity index (χ1n) is 5.55. The minimum absolute atomic E-state index is 0.237. The Bertz CT molecular complexity index is 754. The van der Waals surface area contributed by atoms with Gasteiger partial charge < -0.3 is 10.7 Å². The Morgan fingerprint density at radius 2 is 2.00 bits per heavy atom. The van der Waals surface area contributed by atoms with Gasteiger partial charge in [0.2, 0.25) is 0 Å². The van der Waals surface area contributed by atoms with Crippen LogP contribution < -0.4 is 5.73 Å². The summed E-state index contributed by atoms with van der Waals surface area (Å²) in [5.74, 6) is 0. The van der Waals surface area contributed by atoms with E-state index in [0.717, 1.165) is 16.2 Å². The minimum Gasteiger partial charge on any atom is -0.396 e. The Morgan fingerprint density at radius 1 is 1.16 bits per heavy atom. The highest BCUT2D eigenvalue weighted by Crippen LogP contribution is 2.26. The van der Waals surface area contributed by atoms with Crippen molar-refractivity contribution >= 4 is 28.5 Å². The number of nitrogens with one attached hydrogen (secondary N) is 1. The van der Waals surface area contributed by atoms with Crippen LogP contribution >= 0.6 is 11.8 Å². The number of aromatic amines is 1. The molecule has 6 heteroatoms. The van der Waals surface area contributed by atoms with Crippen LogP contribution in [0.25, 0.3) is 11.0 Å². The molecule has 0 saturated carbocycles. The lowest BCUT2D eigenvalue weighted by Crippen LogP contribution is -1.94. The van der Waals surface area contributed by atoms with Gasteiger partial charge in [-0.3, -0.25) is 0 Å². The highest BCUT2D eigenvalue weighted by Gasteiger charge is 2.07. The maximum Gasteiger partial charge on any atom is 0.172 e. The number of rotatable bonds is 2. The molecule has 1 aromatic carbocycles. The Balaban J connectivity index is 1.94. The second kappa shape index (κ2) is 4.63. The van der Waals surface area contributed by atoms with Crippen LogP contribution in [0.5, 0.6) is 0 Å². The van der Waals surface area contributed by atoms with Crippen molar-refractivity contribution < 1.29 is 0 Å². The van der Waals surface area contributed by atoms with Crippen LogP contribution in [-0.2, 0) is 0 Å². The predicted molar refractivity (Wildman–Crippen MR) is 73.6 cm³/mol. The molecule has 19 heavy (non-hydrogen) atoms. The average molecular weight is 267 g/mol. The molecule has 5 nitrogen and oxygen atoms in total. The van der Waals surface area contributed by atoms with Crippen LogP contribution in [0.15, 0.2) is 46.6 Å². The number of nitrogen functional groups attached to an aromatic ring is 1. The highest BCUT2D eigenvalue weighted by atomic mass is 32.2. The molecule has 0 saturated heterocycles. The van der Waals surface area contributed by atoms with Gasteiger partial charge in [-0.05, 0) is 36.0 Å². The molecular weight excluding hydrogens is 258 g/mol. The maximum atomic E-state index is 8.90. The van der Waals surface area contributed by atoms with Gasteiger partial charge in [0.15, 0.2) is 10.9 Å². The number of hydrogen-bond acceptors (Lipinski definition) is 5. The molecule has 0 aliphatic rings. The number of benzene rings is 1. The second-order valence-corrected chi connectivity index (χ2v) is 4.87. The predicted octanol–water partition coefficient (Wildman–Crippen LogP) is 2.56. The van der Waals surface area contributed by atoms with Gasteiger partial charge in [-0.2, -0.15) is 5.26 Å². The number of nitriles is 1. The number of pyridine rings is 1. The van der Waals surface area contributed by atoms with E-state index in [0.29, 0.717) is 10.7 Å². The number of aromatic nitrogens is 3. The first-order chi connectivity index (χ1) is 9.26. The Kier molecular flexibility index (Phi) is 2.82. The molecular formula is C13H9N5S. The zero-order valence-corrected chi connectivity index (χ0v) is 10.6. The van der Waals surface area contributed by atoms with E-state index >= 15 is 0 Å². The molecule has 3 aromatic rings. The van der Waals surface area contributed by atoms with Crippen LogP contribution in [0.1, 0.15) is 5.69 Å². The third-order valence-electron chi connectivity index (χ3n) is 2.58. The zero-order chi connectivity index (χ0) is 13.2. The van der Waals surface area contributed by atoms with Gasteiger partial charge in [-0.25, -0.2) is 9.97 Å². The van der Waals surface area contributed by atoms with Crippen molar-refractivity contribution in [2.75, 3.05) is 5.73 Å². The molecule has 0 aliphatic heterocycles. The zero-order valence-electron chi connectivity index (χ0n) is 9.79. The number of para-hydroxylation sites is 2. The molecule has 0 aliphatic carbocycles. The van der Waals surface area contributed by atoms with E-state index in [1.807, 2.05) is 30.3 Å².